The van der Waals surface area contributed by atoms with E-state index in [4.69, 9.17) is 20.9 Å². The van der Waals surface area contributed by atoms with Gasteiger partial charge in [0.1, 0.15) is 0 Å². The van der Waals surface area contributed by atoms with Gasteiger partial charge in [-0.15, -0.1) is 0 Å². The summed E-state index contributed by atoms with van der Waals surface area (Å²) in [4.78, 5) is 0. The number of hydrogen-bond donors (Lipinski definition) is 0. The van der Waals surface area contributed by atoms with Gasteiger partial charge in [-0.25, -0.2) is 0 Å². The van der Waals surface area contributed by atoms with Crippen LogP contribution in [-0.4, -0.2) is 47.3 Å². The van der Waals surface area contributed by atoms with E-state index in [1.54, 1.807) is 0 Å². The van der Waals surface area contributed by atoms with Crippen LogP contribution < -0.4 is 0 Å². The van der Waals surface area contributed by atoms with Crippen molar-refractivity contribution >= 4 is 47.3 Å². The van der Waals surface area contributed by atoms with Gasteiger partial charge >= 0.3 is 0 Å². The Morgan fingerprint density at radius 3 is 0.929 bits per heavy atom. The third-order valence-electron chi connectivity index (χ3n) is 1.53. The third-order valence-corrected chi connectivity index (χ3v) is 13.8. The molecule has 0 aromatic rings. The lowest BCUT2D eigenvalue weighted by atomic mass is 11.9. The highest BCUT2D eigenvalue weighted by atomic mass is 28.5. The average molecular weight is 287 g/mol. The molecule has 1 aliphatic rings. The number of hydrogen-bond acceptors (Lipinski definition) is 5. The Hall–Kier alpha value is 0.724. The normalized spacial score (nSPS) is 38.9. The summed E-state index contributed by atoms with van der Waals surface area (Å²) in [5.74, 6) is 0. The van der Waals surface area contributed by atoms with Crippen LogP contribution >= 0.6 is 0 Å². The van der Waals surface area contributed by atoms with Crippen LogP contribution in [0.5, 0.6) is 0 Å². The van der Waals surface area contributed by atoms with Crippen LogP contribution in [0.1, 0.15) is 0 Å². The monoisotopic (exact) mass is 286 g/mol. The highest BCUT2D eigenvalue weighted by Crippen LogP contribution is 2.06. The van der Waals surface area contributed by atoms with E-state index in [1.165, 1.54) is 0 Å². The van der Waals surface area contributed by atoms with E-state index in [0.29, 0.717) is 10.1 Å². The Kier molecular flexibility index (Phi) is 8.36. The fourth-order valence-electron chi connectivity index (χ4n) is 1.21. The van der Waals surface area contributed by atoms with Crippen LogP contribution in [0.4, 0.5) is 0 Å². The highest BCUT2D eigenvalue weighted by molar-refractivity contribution is 6.72. The molecule has 0 aliphatic carbocycles. The van der Waals surface area contributed by atoms with Gasteiger partial charge in [-0.05, 0) is 26.2 Å². The average Bonchev–Trinajstić information content (AvgIpc) is 2.03. The maximum Gasteiger partial charge on any atom is 0.300 e. The van der Waals surface area contributed by atoms with Crippen molar-refractivity contribution in [2.45, 2.75) is 26.2 Å². The molecule has 1 rings (SSSR count). The Morgan fingerprint density at radius 1 is 0.643 bits per heavy atom. The van der Waals surface area contributed by atoms with E-state index in [1.807, 2.05) is 26.2 Å². The minimum Gasteiger partial charge on any atom is -0.420 e. The summed E-state index contributed by atoms with van der Waals surface area (Å²) in [6.07, 6.45) is 0. The summed E-state index contributed by atoms with van der Waals surface area (Å²) in [7, 11) is -5.05. The summed E-state index contributed by atoms with van der Waals surface area (Å²) >= 11 is 0. The standard InChI is InChI=1S/C4H16O4Si4.H2OSi/c1-9-5-10(2)7-12(4)8-11(3)6-9;1-2/h9-12H,1-4H3;2H2. The van der Waals surface area contributed by atoms with Crippen molar-refractivity contribution in [2.75, 3.05) is 0 Å². The van der Waals surface area contributed by atoms with Crippen molar-refractivity contribution in [1.82, 2.24) is 0 Å². The lowest BCUT2D eigenvalue weighted by molar-refractivity contribution is 0.295. The zero-order chi connectivity index (χ0) is 11.1. The maximum atomic E-state index is 8.28. The van der Waals surface area contributed by atoms with E-state index in [9.17, 15) is 0 Å². The van der Waals surface area contributed by atoms with Crippen LogP contribution in [0.2, 0.25) is 26.2 Å². The molecule has 0 spiro atoms. The Labute approximate surface area is 94.6 Å². The molecule has 0 atom stereocenters. The van der Waals surface area contributed by atoms with E-state index in [0.717, 1.165) is 0 Å². The van der Waals surface area contributed by atoms with E-state index in [2.05, 4.69) is 0 Å². The lowest BCUT2D eigenvalue weighted by Gasteiger charge is -2.28. The smallest absolute Gasteiger partial charge is 0.300 e. The van der Waals surface area contributed by atoms with Crippen molar-refractivity contribution in [3.63, 3.8) is 0 Å². The molecule has 5 nitrogen and oxygen atoms in total. The first kappa shape index (κ1) is 14.7. The minimum atomic E-state index is -1.42. The molecule has 0 bridgehead atoms. The largest absolute Gasteiger partial charge is 0.420 e. The first-order valence-corrected chi connectivity index (χ1v) is 13.5. The van der Waals surface area contributed by atoms with Crippen LogP contribution in [0.15, 0.2) is 0 Å². The van der Waals surface area contributed by atoms with Gasteiger partial charge in [0.05, 0.1) is 0 Å². The molecule has 0 unspecified atom stereocenters. The van der Waals surface area contributed by atoms with Crippen molar-refractivity contribution in [3.8, 4) is 0 Å². The second-order valence-corrected chi connectivity index (χ2v) is 11.7. The van der Waals surface area contributed by atoms with E-state index >= 15 is 0 Å². The summed E-state index contributed by atoms with van der Waals surface area (Å²) in [6.45, 7) is 8.16. The third kappa shape index (κ3) is 6.25. The Bertz CT molecular complexity index is 121. The molecule has 1 saturated heterocycles. The summed E-state index contributed by atoms with van der Waals surface area (Å²) in [5, 5.41) is 0. The molecule has 10 heteroatoms. The molecular formula is C4H18O5Si5. The molecule has 84 valence electrons. The fraction of sp³-hybridized carbons (Fsp3) is 1.00. The molecule has 14 heavy (non-hydrogen) atoms. The zero-order valence-corrected chi connectivity index (χ0v) is 15.1. The molecule has 0 radical (unpaired) electrons. The van der Waals surface area contributed by atoms with Crippen molar-refractivity contribution in [2.24, 2.45) is 0 Å². The maximum absolute atomic E-state index is 8.28. The second-order valence-electron chi connectivity index (χ2n) is 2.81. The Morgan fingerprint density at radius 2 is 0.786 bits per heavy atom. The van der Waals surface area contributed by atoms with Crippen LogP contribution in [0.3, 0.4) is 0 Å². The summed E-state index contributed by atoms with van der Waals surface area (Å²) < 4.78 is 30.9. The second kappa shape index (κ2) is 7.94. The van der Waals surface area contributed by atoms with Crippen LogP contribution in [0, 0.1) is 0 Å². The quantitative estimate of drug-likeness (QED) is 0.504. The van der Waals surface area contributed by atoms with Crippen LogP contribution in [-0.2, 0) is 20.9 Å². The van der Waals surface area contributed by atoms with Gasteiger partial charge < -0.3 is 20.9 Å². The molecule has 0 N–H and O–H groups in total. The molecular weight excluding hydrogens is 268 g/mol. The van der Waals surface area contributed by atoms with Gasteiger partial charge in [0.2, 0.25) is 10.1 Å². The molecule has 0 amide bonds. The first-order chi connectivity index (χ1) is 6.58. The Balaban J connectivity index is 0.000000791. The van der Waals surface area contributed by atoms with Gasteiger partial charge in [0.15, 0.2) is 0 Å². The van der Waals surface area contributed by atoms with Gasteiger partial charge in [0.25, 0.3) is 37.1 Å². The molecule has 0 saturated carbocycles. The SMILES string of the molecule is C[SiH]1O[SiH](C)O[SiH](C)O[SiH](C)O1.O=[SiH2]. The molecule has 1 heterocycles. The highest BCUT2D eigenvalue weighted by Gasteiger charge is 2.25. The minimum absolute atomic E-state index is 0.611. The van der Waals surface area contributed by atoms with E-state index in [-0.39, 0.29) is 0 Å². The first-order valence-electron chi connectivity index (χ1n) is 4.48. The van der Waals surface area contributed by atoms with Crippen LogP contribution in [0.25, 0.3) is 0 Å². The zero-order valence-electron chi connectivity index (χ0n) is 9.06. The van der Waals surface area contributed by atoms with Gasteiger partial charge in [-0.2, -0.15) is 0 Å². The number of rotatable bonds is 0. The predicted molar refractivity (Wildman–Crippen MR) is 65.6 cm³/mol. The molecule has 0 aromatic carbocycles. The fourth-order valence-corrected chi connectivity index (χ4v) is 13.2. The van der Waals surface area contributed by atoms with Gasteiger partial charge in [-0.3, -0.25) is 0 Å². The lowest BCUT2D eigenvalue weighted by Crippen LogP contribution is -2.44. The van der Waals surface area contributed by atoms with E-state index < -0.39 is 37.1 Å². The van der Waals surface area contributed by atoms with Crippen molar-refractivity contribution in [3.05, 3.63) is 0 Å². The molecule has 1 fully saturated rings. The molecule has 0 aromatic heterocycles. The van der Waals surface area contributed by atoms with Gasteiger partial charge in [0, 0.05) is 0 Å². The predicted octanol–water partition coefficient (Wildman–Crippen LogP) is -1.57. The summed E-state index contributed by atoms with van der Waals surface area (Å²) in [6, 6.07) is 0. The molecule has 1 aliphatic heterocycles. The van der Waals surface area contributed by atoms with Gasteiger partial charge in [-0.1, -0.05) is 0 Å². The summed E-state index contributed by atoms with van der Waals surface area (Å²) in [5.41, 5.74) is 0. The van der Waals surface area contributed by atoms with Crippen molar-refractivity contribution in [1.29, 1.82) is 0 Å². The topological polar surface area (TPSA) is 54.0 Å². The van der Waals surface area contributed by atoms with Crippen molar-refractivity contribution < 1.29 is 20.9 Å².